The molecule has 0 saturated carbocycles. The first-order chi connectivity index (χ1) is 4.10. The van der Waals surface area contributed by atoms with Crippen molar-refractivity contribution in [2.45, 2.75) is 18.9 Å². The van der Waals surface area contributed by atoms with Gasteiger partial charge in [0, 0.05) is 6.04 Å². The van der Waals surface area contributed by atoms with Crippen molar-refractivity contribution in [3.05, 3.63) is 0 Å². The van der Waals surface area contributed by atoms with Gasteiger partial charge in [0.2, 0.25) is 0 Å². The number of hydrogen-bond acceptors (Lipinski definition) is 3. The first-order valence-electron chi connectivity index (χ1n) is 3.06. The molecule has 10 heavy (non-hydrogen) atoms. The van der Waals surface area contributed by atoms with Gasteiger partial charge in [0.25, 0.3) is 0 Å². The summed E-state index contributed by atoms with van der Waals surface area (Å²) in [5, 5.41) is 0. The summed E-state index contributed by atoms with van der Waals surface area (Å²) in [6.07, 6.45) is 1.28. The van der Waals surface area contributed by atoms with Gasteiger partial charge in [-0.2, -0.15) is 0 Å². The molecule has 5 heteroatoms. The fourth-order valence-corrected chi connectivity index (χ4v) is 2.44. The van der Waals surface area contributed by atoms with Crippen LogP contribution in [0.3, 0.4) is 0 Å². The molecule has 1 heterocycles. The maximum Gasteiger partial charge on any atom is 0.150 e. The quantitative estimate of drug-likeness (QED) is 0.576. The lowest BCUT2D eigenvalue weighted by molar-refractivity contribution is 0.547. The van der Waals surface area contributed by atoms with Crippen molar-refractivity contribution in [3.63, 3.8) is 0 Å². The van der Waals surface area contributed by atoms with Crippen molar-refractivity contribution in [1.82, 2.24) is 0 Å². The minimum absolute atomic E-state index is 0. The molecule has 1 saturated heterocycles. The molecule has 1 aliphatic rings. The molecule has 1 fully saturated rings. The van der Waals surface area contributed by atoms with Gasteiger partial charge in [0.1, 0.15) is 9.84 Å². The van der Waals surface area contributed by atoms with E-state index in [-0.39, 0.29) is 30.0 Å². The summed E-state index contributed by atoms with van der Waals surface area (Å²) in [5.74, 6) is 0.572. The van der Waals surface area contributed by atoms with Crippen LogP contribution >= 0.6 is 12.4 Å². The Hall–Kier alpha value is 0.200. The summed E-state index contributed by atoms with van der Waals surface area (Å²) >= 11 is 0. The Balaban J connectivity index is 0.000000810. The molecule has 0 aliphatic carbocycles. The van der Waals surface area contributed by atoms with Gasteiger partial charge in [-0.1, -0.05) is 0 Å². The fraction of sp³-hybridized carbons (Fsp3) is 1.00. The lowest BCUT2D eigenvalue weighted by Gasteiger charge is -2.16. The van der Waals surface area contributed by atoms with Crippen molar-refractivity contribution < 1.29 is 8.42 Å². The van der Waals surface area contributed by atoms with Gasteiger partial charge < -0.3 is 5.73 Å². The van der Waals surface area contributed by atoms with E-state index in [2.05, 4.69) is 0 Å². The van der Waals surface area contributed by atoms with E-state index in [1.807, 2.05) is 0 Å². The van der Waals surface area contributed by atoms with Crippen molar-refractivity contribution in [2.24, 2.45) is 5.73 Å². The van der Waals surface area contributed by atoms with Crippen molar-refractivity contribution in [3.8, 4) is 0 Å². The molecular formula is C5H12ClNO2S. The van der Waals surface area contributed by atoms with Crippen LogP contribution in [0.1, 0.15) is 12.8 Å². The van der Waals surface area contributed by atoms with E-state index >= 15 is 0 Å². The van der Waals surface area contributed by atoms with Crippen LogP contribution in [0, 0.1) is 0 Å². The van der Waals surface area contributed by atoms with Gasteiger partial charge in [-0.05, 0) is 12.8 Å². The molecule has 0 aromatic carbocycles. The van der Waals surface area contributed by atoms with E-state index in [9.17, 15) is 8.42 Å². The molecule has 1 rings (SSSR count). The van der Waals surface area contributed by atoms with Gasteiger partial charge in [-0.15, -0.1) is 12.4 Å². The molecule has 3 nitrogen and oxygen atoms in total. The maximum absolute atomic E-state index is 10.7. The largest absolute Gasteiger partial charge is 0.328 e. The Morgan fingerprint density at radius 3 is 1.90 bits per heavy atom. The third-order valence-electron chi connectivity index (χ3n) is 1.60. The van der Waals surface area contributed by atoms with Gasteiger partial charge in [0.05, 0.1) is 11.5 Å². The van der Waals surface area contributed by atoms with E-state index in [0.29, 0.717) is 12.8 Å². The number of sulfone groups is 1. The number of nitrogens with two attached hydrogens (primary N) is 1. The van der Waals surface area contributed by atoms with Crippen LogP contribution in [-0.4, -0.2) is 26.0 Å². The van der Waals surface area contributed by atoms with Crippen molar-refractivity contribution in [1.29, 1.82) is 0 Å². The summed E-state index contributed by atoms with van der Waals surface area (Å²) in [6.45, 7) is 0. The van der Waals surface area contributed by atoms with Gasteiger partial charge >= 0.3 is 0 Å². The van der Waals surface area contributed by atoms with E-state index < -0.39 is 9.84 Å². The lowest BCUT2D eigenvalue weighted by Crippen LogP contribution is -2.32. The first-order valence-corrected chi connectivity index (χ1v) is 4.88. The first kappa shape index (κ1) is 10.2. The third-order valence-corrected chi connectivity index (χ3v) is 3.31. The van der Waals surface area contributed by atoms with Crippen LogP contribution in [0.5, 0.6) is 0 Å². The van der Waals surface area contributed by atoms with Crippen molar-refractivity contribution in [2.75, 3.05) is 11.5 Å². The molecule has 62 valence electrons. The summed E-state index contributed by atoms with van der Waals surface area (Å²) in [4.78, 5) is 0. The van der Waals surface area contributed by atoms with E-state index in [1.54, 1.807) is 0 Å². The molecule has 0 amide bonds. The van der Waals surface area contributed by atoms with Crippen molar-refractivity contribution >= 4 is 22.2 Å². The smallest absolute Gasteiger partial charge is 0.150 e. The molecule has 1 aliphatic heterocycles. The Morgan fingerprint density at radius 1 is 1.20 bits per heavy atom. The monoisotopic (exact) mass is 185 g/mol. The van der Waals surface area contributed by atoms with E-state index in [0.717, 1.165) is 0 Å². The molecule has 0 bridgehead atoms. The third kappa shape index (κ3) is 2.86. The van der Waals surface area contributed by atoms with Crippen LogP contribution < -0.4 is 5.73 Å². The predicted octanol–water partition coefficient (Wildman–Crippen LogP) is -0.0559. The Kier molecular flexibility index (Phi) is 3.62. The highest BCUT2D eigenvalue weighted by Gasteiger charge is 2.20. The highest BCUT2D eigenvalue weighted by molar-refractivity contribution is 7.91. The zero-order valence-electron chi connectivity index (χ0n) is 5.62. The molecule has 0 atom stereocenters. The molecule has 0 spiro atoms. The molecule has 0 aromatic heterocycles. The topological polar surface area (TPSA) is 60.2 Å². The predicted molar refractivity (Wildman–Crippen MR) is 43.1 cm³/mol. The Morgan fingerprint density at radius 2 is 1.60 bits per heavy atom. The average Bonchev–Trinajstić information content (AvgIpc) is 1.78. The maximum atomic E-state index is 10.7. The molecule has 0 unspecified atom stereocenters. The van der Waals surface area contributed by atoms with E-state index in [4.69, 9.17) is 5.73 Å². The summed E-state index contributed by atoms with van der Waals surface area (Å²) in [6, 6.07) is 0.119. The van der Waals surface area contributed by atoms with Crippen LogP contribution in [0.2, 0.25) is 0 Å². The highest BCUT2D eigenvalue weighted by atomic mass is 35.5. The van der Waals surface area contributed by atoms with Gasteiger partial charge in [-0.3, -0.25) is 0 Å². The highest BCUT2D eigenvalue weighted by Crippen LogP contribution is 2.09. The van der Waals surface area contributed by atoms with E-state index in [1.165, 1.54) is 0 Å². The second kappa shape index (κ2) is 3.55. The minimum atomic E-state index is -2.70. The van der Waals surface area contributed by atoms with Crippen LogP contribution in [-0.2, 0) is 9.84 Å². The van der Waals surface area contributed by atoms with Gasteiger partial charge in [0.15, 0.2) is 0 Å². The summed E-state index contributed by atoms with van der Waals surface area (Å²) < 4.78 is 21.5. The standard InChI is InChI=1S/C5H11NO2S.ClH/c6-5-1-3-9(7,8)4-2-5;/h5H,1-4,6H2;1H. The molecule has 2 N–H and O–H groups in total. The normalized spacial score (nSPS) is 25.3. The summed E-state index contributed by atoms with van der Waals surface area (Å²) in [7, 11) is -2.70. The Bertz CT molecular complexity index is 176. The molecule has 0 aromatic rings. The second-order valence-corrected chi connectivity index (χ2v) is 4.79. The van der Waals surface area contributed by atoms with Gasteiger partial charge in [-0.25, -0.2) is 8.42 Å². The molecular weight excluding hydrogens is 174 g/mol. The minimum Gasteiger partial charge on any atom is -0.328 e. The zero-order chi connectivity index (χ0) is 6.91. The average molecular weight is 186 g/mol. The van der Waals surface area contributed by atoms with Crippen LogP contribution in [0.15, 0.2) is 0 Å². The Labute approximate surface area is 67.3 Å². The SMILES string of the molecule is Cl.NC1CCS(=O)(=O)CC1. The number of halogens is 1. The molecule has 0 radical (unpaired) electrons. The number of hydrogen-bond donors (Lipinski definition) is 1. The fourth-order valence-electron chi connectivity index (χ4n) is 0.908. The van der Waals surface area contributed by atoms with Crippen LogP contribution in [0.4, 0.5) is 0 Å². The number of rotatable bonds is 0. The van der Waals surface area contributed by atoms with Crippen LogP contribution in [0.25, 0.3) is 0 Å². The lowest BCUT2D eigenvalue weighted by atomic mass is 10.2. The zero-order valence-corrected chi connectivity index (χ0v) is 7.25. The second-order valence-electron chi connectivity index (χ2n) is 2.49. The summed E-state index contributed by atoms with van der Waals surface area (Å²) in [5.41, 5.74) is 5.49.